The maximum Gasteiger partial charge on any atom is 0.256 e. The molecule has 1 aromatic heterocycles. The Labute approximate surface area is 220 Å². The van der Waals surface area contributed by atoms with Gasteiger partial charge in [0.1, 0.15) is 16.5 Å². The molecule has 3 aromatic carbocycles. The lowest BCUT2D eigenvalue weighted by molar-refractivity contribution is 0.0999. The van der Waals surface area contributed by atoms with Gasteiger partial charge < -0.3 is 15.8 Å². The quantitative estimate of drug-likeness (QED) is 0.320. The van der Waals surface area contributed by atoms with Gasteiger partial charge in [0.15, 0.2) is 0 Å². The molecule has 0 spiro atoms. The van der Waals surface area contributed by atoms with E-state index in [4.69, 9.17) is 10.5 Å². The van der Waals surface area contributed by atoms with Gasteiger partial charge in [-0.1, -0.05) is 54.6 Å². The van der Waals surface area contributed by atoms with E-state index in [1.165, 1.54) is 16.9 Å². The molecule has 4 aromatic rings. The zero-order chi connectivity index (χ0) is 24.2. The molecule has 8 heteroatoms. The van der Waals surface area contributed by atoms with Crippen LogP contribution in [0.4, 0.5) is 5.00 Å². The van der Waals surface area contributed by atoms with E-state index in [0.29, 0.717) is 40.6 Å². The van der Waals surface area contributed by atoms with Gasteiger partial charge in [-0.15, -0.1) is 23.7 Å². The molecular formula is C28H26ClN3O3S. The summed E-state index contributed by atoms with van der Waals surface area (Å²) < 4.78 is 5.85. The minimum absolute atomic E-state index is 0. The van der Waals surface area contributed by atoms with Gasteiger partial charge in [-0.05, 0) is 47.9 Å². The van der Waals surface area contributed by atoms with Crippen LogP contribution in [-0.2, 0) is 19.5 Å². The van der Waals surface area contributed by atoms with Crippen molar-refractivity contribution in [2.45, 2.75) is 19.5 Å². The Kier molecular flexibility index (Phi) is 8.05. The van der Waals surface area contributed by atoms with Crippen molar-refractivity contribution >= 4 is 40.6 Å². The van der Waals surface area contributed by atoms with Gasteiger partial charge in [-0.25, -0.2) is 0 Å². The molecule has 0 atom stereocenters. The van der Waals surface area contributed by atoms with Crippen molar-refractivity contribution in [3.63, 3.8) is 0 Å². The minimum Gasteiger partial charge on any atom is -0.457 e. The molecule has 36 heavy (non-hydrogen) atoms. The Balaban J connectivity index is 0.00000304. The number of nitrogens with one attached hydrogen (secondary N) is 1. The van der Waals surface area contributed by atoms with Crippen molar-refractivity contribution in [3.8, 4) is 11.5 Å². The lowest BCUT2D eigenvalue weighted by Crippen LogP contribution is -2.30. The van der Waals surface area contributed by atoms with E-state index in [2.05, 4.69) is 22.3 Å². The van der Waals surface area contributed by atoms with Crippen LogP contribution in [0, 0.1) is 0 Å². The third-order valence-electron chi connectivity index (χ3n) is 5.93. The van der Waals surface area contributed by atoms with Gasteiger partial charge in [0.2, 0.25) is 0 Å². The third-order valence-corrected chi connectivity index (χ3v) is 7.07. The second kappa shape index (κ2) is 11.4. The molecule has 1 aliphatic heterocycles. The molecule has 6 nitrogen and oxygen atoms in total. The van der Waals surface area contributed by atoms with Crippen LogP contribution in [0.5, 0.6) is 11.5 Å². The van der Waals surface area contributed by atoms with Gasteiger partial charge in [-0.3, -0.25) is 14.5 Å². The van der Waals surface area contributed by atoms with Gasteiger partial charge in [0, 0.05) is 30.1 Å². The zero-order valence-corrected chi connectivity index (χ0v) is 21.1. The van der Waals surface area contributed by atoms with E-state index in [9.17, 15) is 9.59 Å². The minimum atomic E-state index is -0.518. The number of ether oxygens (including phenoxy) is 1. The number of nitrogens with two attached hydrogens (primary N) is 1. The molecule has 0 radical (unpaired) electrons. The lowest BCUT2D eigenvalue weighted by Gasteiger charge is -2.27. The largest absolute Gasteiger partial charge is 0.457 e. The van der Waals surface area contributed by atoms with Gasteiger partial charge in [-0.2, -0.15) is 0 Å². The summed E-state index contributed by atoms with van der Waals surface area (Å²) in [4.78, 5) is 28.8. The molecule has 5 rings (SSSR count). The summed E-state index contributed by atoms with van der Waals surface area (Å²) in [7, 11) is 0. The Morgan fingerprint density at radius 2 is 1.64 bits per heavy atom. The Morgan fingerprint density at radius 3 is 2.36 bits per heavy atom. The monoisotopic (exact) mass is 519 g/mol. The molecule has 0 saturated heterocycles. The first-order valence-corrected chi connectivity index (χ1v) is 12.2. The van der Waals surface area contributed by atoms with Crippen LogP contribution in [0.1, 0.15) is 36.7 Å². The van der Waals surface area contributed by atoms with E-state index in [1.807, 2.05) is 48.5 Å². The number of carbonyl (C=O) groups excluding carboxylic acids is 2. The highest BCUT2D eigenvalue weighted by Crippen LogP contribution is 2.37. The smallest absolute Gasteiger partial charge is 0.256 e. The van der Waals surface area contributed by atoms with Crippen LogP contribution in [0.15, 0.2) is 84.9 Å². The number of hydrogen-bond donors (Lipinski definition) is 2. The second-order valence-corrected chi connectivity index (χ2v) is 9.52. The summed E-state index contributed by atoms with van der Waals surface area (Å²) in [6, 6.07) is 26.6. The van der Waals surface area contributed by atoms with E-state index < -0.39 is 5.91 Å². The number of rotatable bonds is 7. The summed E-state index contributed by atoms with van der Waals surface area (Å²) in [6.07, 6.45) is 0.715. The average molecular weight is 520 g/mol. The van der Waals surface area contributed by atoms with Crippen molar-refractivity contribution in [1.82, 2.24) is 4.90 Å². The first-order chi connectivity index (χ1) is 17.1. The molecule has 0 fully saturated rings. The fraction of sp³-hybridized carbons (Fsp3) is 0.143. The number of hydrogen-bond acceptors (Lipinski definition) is 5. The number of benzene rings is 3. The van der Waals surface area contributed by atoms with Crippen LogP contribution in [0.2, 0.25) is 0 Å². The van der Waals surface area contributed by atoms with E-state index in [1.54, 1.807) is 24.3 Å². The molecule has 2 heterocycles. The summed E-state index contributed by atoms with van der Waals surface area (Å²) in [5, 5.41) is 3.43. The Bertz CT molecular complexity index is 1360. The van der Waals surface area contributed by atoms with Crippen molar-refractivity contribution < 1.29 is 14.3 Å². The number of halogens is 1. The number of para-hydroxylation sites is 1. The first kappa shape index (κ1) is 25.4. The van der Waals surface area contributed by atoms with Crippen molar-refractivity contribution in [2.24, 2.45) is 5.73 Å². The number of primary amides is 1. The van der Waals surface area contributed by atoms with E-state index >= 15 is 0 Å². The normalized spacial score (nSPS) is 12.8. The third kappa shape index (κ3) is 5.76. The predicted molar refractivity (Wildman–Crippen MR) is 145 cm³/mol. The molecule has 1 aliphatic rings. The fourth-order valence-corrected chi connectivity index (χ4v) is 5.57. The SMILES string of the molecule is Cl.NC(=O)c1c(NC(=O)c2cccc(Oc3ccccc3)c2)sc2c1CCN(Cc1ccccc1)C2. The molecule has 0 bridgehead atoms. The fourth-order valence-electron chi connectivity index (χ4n) is 4.28. The van der Waals surface area contributed by atoms with Crippen molar-refractivity contribution in [1.29, 1.82) is 0 Å². The number of fused-ring (bicyclic) bond motifs is 1. The predicted octanol–water partition coefficient (Wildman–Crippen LogP) is 5.87. The number of thiophene rings is 1. The van der Waals surface area contributed by atoms with E-state index in [-0.39, 0.29) is 18.3 Å². The maximum absolute atomic E-state index is 13.1. The van der Waals surface area contributed by atoms with Gasteiger partial charge in [0.25, 0.3) is 11.8 Å². The van der Waals surface area contributed by atoms with Crippen LogP contribution < -0.4 is 15.8 Å². The number of carbonyl (C=O) groups is 2. The summed E-state index contributed by atoms with van der Waals surface area (Å²) in [5.41, 5.74) is 8.80. The summed E-state index contributed by atoms with van der Waals surface area (Å²) in [5.74, 6) is 0.411. The molecule has 0 aliphatic carbocycles. The van der Waals surface area contributed by atoms with Crippen LogP contribution >= 0.6 is 23.7 Å². The van der Waals surface area contributed by atoms with Gasteiger partial charge >= 0.3 is 0 Å². The number of anilines is 1. The van der Waals surface area contributed by atoms with Gasteiger partial charge in [0.05, 0.1) is 5.56 Å². The summed E-state index contributed by atoms with van der Waals surface area (Å²) in [6.45, 7) is 2.37. The molecule has 0 unspecified atom stereocenters. The molecular weight excluding hydrogens is 494 g/mol. The Morgan fingerprint density at radius 1 is 0.944 bits per heavy atom. The second-order valence-electron chi connectivity index (χ2n) is 8.42. The highest BCUT2D eigenvalue weighted by Gasteiger charge is 2.28. The van der Waals surface area contributed by atoms with Crippen molar-refractivity contribution in [2.75, 3.05) is 11.9 Å². The number of amides is 2. The maximum atomic E-state index is 13.1. The number of nitrogens with zero attached hydrogens (tertiary/aromatic N) is 1. The molecule has 184 valence electrons. The standard InChI is InChI=1S/C28H25N3O3S.ClH/c29-26(32)25-23-14-15-31(17-19-8-3-1-4-9-19)18-24(23)35-28(25)30-27(33)20-10-7-13-22(16-20)34-21-11-5-2-6-12-21;/h1-13,16H,14-15,17-18H2,(H2,29,32)(H,30,33);1H. The topological polar surface area (TPSA) is 84.7 Å². The molecule has 2 amide bonds. The summed E-state index contributed by atoms with van der Waals surface area (Å²) >= 11 is 1.43. The highest BCUT2D eigenvalue weighted by atomic mass is 35.5. The van der Waals surface area contributed by atoms with Crippen LogP contribution in [0.3, 0.4) is 0 Å². The van der Waals surface area contributed by atoms with Crippen molar-refractivity contribution in [3.05, 3.63) is 112 Å². The zero-order valence-electron chi connectivity index (χ0n) is 19.5. The highest BCUT2D eigenvalue weighted by molar-refractivity contribution is 7.17. The molecule has 3 N–H and O–H groups in total. The first-order valence-electron chi connectivity index (χ1n) is 11.4. The Hall–Kier alpha value is -3.65. The van der Waals surface area contributed by atoms with Crippen LogP contribution in [-0.4, -0.2) is 23.3 Å². The molecule has 0 saturated carbocycles. The van der Waals surface area contributed by atoms with E-state index in [0.717, 1.165) is 23.5 Å². The average Bonchev–Trinajstić information content (AvgIpc) is 3.22. The lowest BCUT2D eigenvalue weighted by atomic mass is 10.0. The van der Waals surface area contributed by atoms with Crippen LogP contribution in [0.25, 0.3) is 0 Å².